The van der Waals surface area contributed by atoms with Crippen LogP contribution < -0.4 is 5.73 Å². The van der Waals surface area contributed by atoms with E-state index in [1.807, 2.05) is 0 Å². The molecule has 5 heteroatoms. The average Bonchev–Trinajstić information content (AvgIpc) is 2.88. The van der Waals surface area contributed by atoms with E-state index in [9.17, 15) is 9.59 Å². The molecular formula is C20H25ClN2O2. The van der Waals surface area contributed by atoms with Gasteiger partial charge in [0.15, 0.2) is 0 Å². The lowest BCUT2D eigenvalue weighted by atomic mass is 10.0. The molecule has 2 N–H and O–H groups in total. The van der Waals surface area contributed by atoms with Gasteiger partial charge in [0.05, 0.1) is 11.1 Å². The average molecular weight is 361 g/mol. The number of fused-ring (bicyclic) bond motifs is 1. The summed E-state index contributed by atoms with van der Waals surface area (Å²) < 4.78 is 0. The monoisotopic (exact) mass is 360 g/mol. The molecule has 1 aromatic carbocycles. The molecule has 4 nitrogen and oxygen atoms in total. The van der Waals surface area contributed by atoms with Crippen LogP contribution in [0, 0.1) is 0 Å². The zero-order chi connectivity index (χ0) is 16.9. The number of allylic oxidation sites excluding steroid dienone is 2. The lowest BCUT2D eigenvalue weighted by Gasteiger charge is -2.26. The van der Waals surface area contributed by atoms with Crippen LogP contribution in [-0.4, -0.2) is 28.8 Å². The Labute approximate surface area is 155 Å². The minimum Gasteiger partial charge on any atom is -0.327 e. The first-order valence-corrected chi connectivity index (χ1v) is 8.71. The first-order chi connectivity index (χ1) is 11.7. The van der Waals surface area contributed by atoms with E-state index >= 15 is 0 Å². The van der Waals surface area contributed by atoms with Crippen molar-refractivity contribution in [1.29, 1.82) is 0 Å². The Kier molecular flexibility index (Phi) is 6.97. The van der Waals surface area contributed by atoms with Crippen molar-refractivity contribution in [3.8, 4) is 0 Å². The molecule has 1 heterocycles. The predicted octanol–water partition coefficient (Wildman–Crippen LogP) is 3.87. The number of benzene rings is 1. The number of hydrogen-bond acceptors (Lipinski definition) is 3. The Balaban J connectivity index is 0.000000240. The Morgan fingerprint density at radius 3 is 1.80 bits per heavy atom. The zero-order valence-electron chi connectivity index (χ0n) is 14.3. The second-order valence-electron chi connectivity index (χ2n) is 6.51. The minimum atomic E-state index is -0.133. The first-order valence-electron chi connectivity index (χ1n) is 8.71. The molecule has 0 fully saturated rings. The number of halogens is 1. The van der Waals surface area contributed by atoms with Gasteiger partial charge < -0.3 is 5.73 Å². The minimum absolute atomic E-state index is 0. The second kappa shape index (κ2) is 8.97. The van der Waals surface area contributed by atoms with E-state index in [-0.39, 0.29) is 30.3 Å². The van der Waals surface area contributed by atoms with Gasteiger partial charge in [-0.15, -0.1) is 12.4 Å². The van der Waals surface area contributed by atoms with Gasteiger partial charge >= 0.3 is 0 Å². The molecule has 1 aliphatic heterocycles. The van der Waals surface area contributed by atoms with Crippen LogP contribution in [0.4, 0.5) is 0 Å². The van der Waals surface area contributed by atoms with E-state index in [2.05, 4.69) is 24.3 Å². The SMILES string of the molecule is Cl.N[C@H]1CC=CCC1.O=C1c2ccccc2C(=O)N1[C@H]1CC=CCC1. The second-order valence-corrected chi connectivity index (χ2v) is 6.51. The van der Waals surface area contributed by atoms with Crippen LogP contribution in [0.15, 0.2) is 48.6 Å². The molecule has 25 heavy (non-hydrogen) atoms. The maximum absolute atomic E-state index is 12.2. The number of carbonyl (C=O) groups is 2. The summed E-state index contributed by atoms with van der Waals surface area (Å²) in [5.74, 6) is -0.267. The molecule has 2 atom stereocenters. The Hall–Kier alpha value is -1.91. The quantitative estimate of drug-likeness (QED) is 0.610. The third kappa shape index (κ3) is 4.39. The lowest BCUT2D eigenvalue weighted by molar-refractivity contribution is 0.0575. The van der Waals surface area contributed by atoms with Gasteiger partial charge in [-0.05, 0) is 50.7 Å². The predicted molar refractivity (Wildman–Crippen MR) is 102 cm³/mol. The fraction of sp³-hybridized carbons (Fsp3) is 0.400. The first kappa shape index (κ1) is 19.4. The largest absolute Gasteiger partial charge is 0.327 e. The summed E-state index contributed by atoms with van der Waals surface area (Å²) in [4.78, 5) is 25.8. The van der Waals surface area contributed by atoms with Crippen molar-refractivity contribution in [3.05, 3.63) is 59.7 Å². The van der Waals surface area contributed by atoms with Crippen LogP contribution in [0.5, 0.6) is 0 Å². The van der Waals surface area contributed by atoms with Gasteiger partial charge in [0.2, 0.25) is 0 Å². The molecule has 2 amide bonds. The molecule has 134 valence electrons. The summed E-state index contributed by atoms with van der Waals surface area (Å²) in [7, 11) is 0. The summed E-state index contributed by atoms with van der Waals surface area (Å²) >= 11 is 0. The van der Waals surface area contributed by atoms with Gasteiger partial charge in [-0.1, -0.05) is 36.4 Å². The van der Waals surface area contributed by atoms with Crippen LogP contribution in [0.25, 0.3) is 0 Å². The molecule has 0 saturated heterocycles. The topological polar surface area (TPSA) is 63.4 Å². The third-order valence-electron chi connectivity index (χ3n) is 4.74. The Morgan fingerprint density at radius 1 is 0.840 bits per heavy atom. The zero-order valence-corrected chi connectivity index (χ0v) is 15.1. The summed E-state index contributed by atoms with van der Waals surface area (Å²) in [5.41, 5.74) is 6.68. The molecule has 4 rings (SSSR count). The molecule has 0 saturated carbocycles. The third-order valence-corrected chi connectivity index (χ3v) is 4.74. The van der Waals surface area contributed by atoms with Crippen LogP contribution in [0.2, 0.25) is 0 Å². The Bertz CT molecular complexity index is 649. The number of imide groups is 1. The van der Waals surface area contributed by atoms with Gasteiger partial charge in [0, 0.05) is 12.1 Å². The highest BCUT2D eigenvalue weighted by Gasteiger charge is 2.39. The maximum atomic E-state index is 12.2. The highest BCUT2D eigenvalue weighted by atomic mass is 35.5. The van der Waals surface area contributed by atoms with Crippen molar-refractivity contribution in [2.45, 2.75) is 50.6 Å². The lowest BCUT2D eigenvalue weighted by Crippen LogP contribution is -2.40. The fourth-order valence-corrected chi connectivity index (χ4v) is 3.37. The summed E-state index contributed by atoms with van der Waals surface area (Å²) in [6.45, 7) is 0. The van der Waals surface area contributed by atoms with E-state index in [0.29, 0.717) is 17.2 Å². The molecular weight excluding hydrogens is 336 g/mol. The smallest absolute Gasteiger partial charge is 0.261 e. The van der Waals surface area contributed by atoms with Crippen LogP contribution in [0.1, 0.15) is 59.2 Å². The number of amides is 2. The molecule has 0 bridgehead atoms. The van der Waals surface area contributed by atoms with E-state index < -0.39 is 0 Å². The maximum Gasteiger partial charge on any atom is 0.261 e. The number of hydrogen-bond donors (Lipinski definition) is 1. The Morgan fingerprint density at radius 2 is 1.40 bits per heavy atom. The van der Waals surface area contributed by atoms with Crippen LogP contribution >= 0.6 is 12.4 Å². The number of rotatable bonds is 1. The summed E-state index contributed by atoms with van der Waals surface area (Å²) in [6, 6.07) is 7.54. The van der Waals surface area contributed by atoms with Crippen molar-refractivity contribution in [3.63, 3.8) is 0 Å². The van der Waals surface area contributed by atoms with E-state index in [0.717, 1.165) is 25.7 Å². The summed E-state index contributed by atoms with van der Waals surface area (Å²) in [5, 5.41) is 0. The van der Waals surface area contributed by atoms with E-state index in [1.54, 1.807) is 24.3 Å². The molecule has 1 aromatic rings. The van der Waals surface area contributed by atoms with Crippen molar-refractivity contribution < 1.29 is 9.59 Å². The van der Waals surface area contributed by atoms with E-state index in [1.165, 1.54) is 17.7 Å². The van der Waals surface area contributed by atoms with Crippen molar-refractivity contribution in [2.24, 2.45) is 5.73 Å². The fourth-order valence-electron chi connectivity index (χ4n) is 3.37. The number of carbonyl (C=O) groups excluding carboxylic acids is 2. The molecule has 3 aliphatic rings. The summed E-state index contributed by atoms with van der Waals surface area (Å²) in [6.07, 6.45) is 14.6. The van der Waals surface area contributed by atoms with Gasteiger partial charge in [0.1, 0.15) is 0 Å². The molecule has 0 spiro atoms. The van der Waals surface area contributed by atoms with Crippen molar-refractivity contribution in [2.75, 3.05) is 0 Å². The molecule has 0 unspecified atom stereocenters. The van der Waals surface area contributed by atoms with Gasteiger partial charge in [0.25, 0.3) is 11.8 Å². The van der Waals surface area contributed by atoms with Crippen molar-refractivity contribution >= 4 is 24.2 Å². The van der Waals surface area contributed by atoms with Crippen LogP contribution in [0.3, 0.4) is 0 Å². The standard InChI is InChI=1S/C14H13NO2.C6H11N.ClH/c16-13-11-8-4-5-9-12(11)14(17)15(13)10-6-2-1-3-7-10;7-6-4-2-1-3-5-6;/h1-2,4-5,8-10H,3,6-7H2;1-2,6H,3-5,7H2;1H/t10-;6-;/m00./s1. The number of nitrogens with zero attached hydrogens (tertiary/aromatic N) is 1. The van der Waals surface area contributed by atoms with Crippen LogP contribution in [-0.2, 0) is 0 Å². The van der Waals surface area contributed by atoms with E-state index in [4.69, 9.17) is 5.73 Å². The molecule has 0 radical (unpaired) electrons. The normalized spacial score (nSPS) is 24.3. The highest BCUT2D eigenvalue weighted by molar-refractivity contribution is 6.21. The molecule has 2 aliphatic carbocycles. The van der Waals surface area contributed by atoms with Gasteiger partial charge in [-0.3, -0.25) is 14.5 Å². The molecule has 0 aromatic heterocycles. The number of nitrogens with two attached hydrogens (primary N) is 1. The van der Waals surface area contributed by atoms with Gasteiger partial charge in [-0.2, -0.15) is 0 Å². The van der Waals surface area contributed by atoms with Crippen molar-refractivity contribution in [1.82, 2.24) is 4.90 Å². The van der Waals surface area contributed by atoms with Gasteiger partial charge in [-0.25, -0.2) is 0 Å². The highest BCUT2D eigenvalue weighted by Crippen LogP contribution is 2.28.